The minimum absolute atomic E-state index is 0.0806. The number of rotatable bonds is 6. The highest BCUT2D eigenvalue weighted by atomic mass is 35.5. The lowest BCUT2D eigenvalue weighted by Gasteiger charge is -2.40. The topological polar surface area (TPSA) is 91.5 Å². The molecule has 0 spiro atoms. The number of carbonyl (C=O) groups excluding carboxylic acids is 2. The first-order chi connectivity index (χ1) is 16.7. The smallest absolute Gasteiger partial charge is 0.234 e. The van der Waals surface area contributed by atoms with E-state index in [0.29, 0.717) is 39.9 Å². The van der Waals surface area contributed by atoms with E-state index < -0.39 is 11.8 Å². The van der Waals surface area contributed by atoms with Gasteiger partial charge in [0.25, 0.3) is 0 Å². The first-order valence-corrected chi connectivity index (χ1v) is 12.6. The normalized spacial score (nSPS) is 21.0. The number of anilines is 1. The minimum atomic E-state index is -0.474. The number of benzene rings is 2. The van der Waals surface area contributed by atoms with Crippen LogP contribution in [0.1, 0.15) is 38.2 Å². The van der Waals surface area contributed by atoms with Gasteiger partial charge < -0.3 is 10.1 Å². The van der Waals surface area contributed by atoms with Crippen LogP contribution in [0, 0.1) is 22.7 Å². The fourth-order valence-corrected chi connectivity index (χ4v) is 5.65. The van der Waals surface area contributed by atoms with Crippen LogP contribution < -0.4 is 10.1 Å². The number of nitrogens with one attached hydrogen (secondary N) is 1. The second-order valence-corrected chi connectivity index (χ2v) is 10.9. The number of allylic oxidation sites excluding steroid dienone is 1. The van der Waals surface area contributed by atoms with E-state index in [2.05, 4.69) is 25.2 Å². The quantitative estimate of drug-likeness (QED) is 0.517. The Morgan fingerprint density at radius 1 is 1.17 bits per heavy atom. The molecular formula is C27H26ClN3O3S. The summed E-state index contributed by atoms with van der Waals surface area (Å²) in [6, 6.07) is 16.6. The predicted molar refractivity (Wildman–Crippen MR) is 140 cm³/mol. The van der Waals surface area contributed by atoms with Crippen LogP contribution in [0.15, 0.2) is 64.1 Å². The molecule has 0 aromatic heterocycles. The number of nitriles is 1. The van der Waals surface area contributed by atoms with E-state index in [1.165, 1.54) is 11.8 Å². The molecular weight excluding hydrogens is 482 g/mol. The van der Waals surface area contributed by atoms with E-state index in [9.17, 15) is 14.9 Å². The molecule has 180 valence electrons. The van der Waals surface area contributed by atoms with Gasteiger partial charge in [-0.15, -0.1) is 0 Å². The molecule has 0 radical (unpaired) electrons. The zero-order chi connectivity index (χ0) is 25.2. The van der Waals surface area contributed by atoms with E-state index in [4.69, 9.17) is 21.3 Å². The third-order valence-electron chi connectivity index (χ3n) is 6.20. The summed E-state index contributed by atoms with van der Waals surface area (Å²) < 4.78 is 5.28. The average molecular weight is 508 g/mol. The van der Waals surface area contributed by atoms with Crippen molar-refractivity contribution in [3.8, 4) is 11.8 Å². The van der Waals surface area contributed by atoms with Crippen molar-refractivity contribution in [1.82, 2.24) is 0 Å². The molecule has 1 amide bonds. The SMILES string of the molecule is COc1ccc([C@H]2C(C#N)=C(SCC(=O)Nc3ccc(Cl)cc3)N=C3CC(C)(C)CC(=O)C32)cc1. The summed E-state index contributed by atoms with van der Waals surface area (Å²) in [5, 5.41) is 14.1. The van der Waals surface area contributed by atoms with Crippen molar-refractivity contribution in [2.24, 2.45) is 16.3 Å². The molecule has 1 heterocycles. The molecule has 1 aliphatic heterocycles. The number of ketones is 1. The van der Waals surface area contributed by atoms with Crippen LogP contribution in [0.4, 0.5) is 5.69 Å². The standard InChI is InChI=1S/C27H26ClN3O3S/c1-27(2)12-21-25(22(32)13-27)24(16-4-10-19(34-3)11-5-16)20(14-29)26(31-21)35-15-23(33)30-18-8-6-17(28)7-9-18/h4-11,24-25H,12-13,15H2,1-3H3,(H,30,33)/t24-,25?/m0/s1. The van der Waals surface area contributed by atoms with Crippen LogP contribution in [0.2, 0.25) is 5.02 Å². The highest BCUT2D eigenvalue weighted by Gasteiger charge is 2.46. The number of nitrogens with zero attached hydrogens (tertiary/aromatic N) is 2. The second-order valence-electron chi connectivity index (χ2n) is 9.49. The zero-order valence-electron chi connectivity index (χ0n) is 19.8. The molecule has 2 atom stereocenters. The fraction of sp³-hybridized carbons (Fsp3) is 0.333. The summed E-state index contributed by atoms with van der Waals surface area (Å²) in [5.74, 6) is -0.256. The van der Waals surface area contributed by atoms with Gasteiger partial charge in [-0.05, 0) is 53.8 Å². The van der Waals surface area contributed by atoms with Gasteiger partial charge in [-0.25, -0.2) is 4.99 Å². The molecule has 1 N–H and O–H groups in total. The van der Waals surface area contributed by atoms with Crippen molar-refractivity contribution >= 4 is 46.5 Å². The summed E-state index contributed by atoms with van der Waals surface area (Å²) in [6.07, 6.45) is 1.10. The number of ether oxygens (including phenoxy) is 1. The number of methoxy groups -OCH3 is 1. The Balaban J connectivity index is 1.65. The number of hydrogen-bond acceptors (Lipinski definition) is 6. The lowest BCUT2D eigenvalue weighted by Crippen LogP contribution is -2.42. The molecule has 2 aromatic rings. The summed E-state index contributed by atoms with van der Waals surface area (Å²) in [4.78, 5) is 30.7. The molecule has 2 aliphatic rings. The second kappa shape index (κ2) is 10.3. The number of Topliss-reactive ketones (excluding diaryl/α,β-unsaturated/α-hetero) is 1. The first-order valence-electron chi connectivity index (χ1n) is 11.3. The van der Waals surface area contributed by atoms with Crippen LogP contribution in [0.25, 0.3) is 0 Å². The summed E-state index contributed by atoms with van der Waals surface area (Å²) in [5.41, 5.74) is 2.49. The maximum Gasteiger partial charge on any atom is 0.234 e. The van der Waals surface area contributed by atoms with Gasteiger partial charge in [-0.3, -0.25) is 9.59 Å². The monoisotopic (exact) mass is 507 g/mol. The Morgan fingerprint density at radius 2 is 1.86 bits per heavy atom. The Labute approximate surface area is 214 Å². The van der Waals surface area contributed by atoms with Gasteiger partial charge >= 0.3 is 0 Å². The van der Waals surface area contributed by atoms with Gasteiger partial charge in [0, 0.05) is 28.8 Å². The summed E-state index contributed by atoms with van der Waals surface area (Å²) >= 11 is 7.13. The van der Waals surface area contributed by atoms with Gasteiger partial charge in [-0.1, -0.05) is 49.3 Å². The van der Waals surface area contributed by atoms with Crippen LogP contribution in [-0.4, -0.2) is 30.3 Å². The number of thioether (sulfide) groups is 1. The van der Waals surface area contributed by atoms with E-state index in [1.54, 1.807) is 31.4 Å². The highest BCUT2D eigenvalue weighted by Crippen LogP contribution is 2.48. The van der Waals surface area contributed by atoms with E-state index >= 15 is 0 Å². The zero-order valence-corrected chi connectivity index (χ0v) is 21.4. The lowest BCUT2D eigenvalue weighted by molar-refractivity contribution is -0.124. The largest absolute Gasteiger partial charge is 0.497 e. The fourth-order valence-electron chi connectivity index (χ4n) is 4.67. The van der Waals surface area contributed by atoms with Gasteiger partial charge in [0.1, 0.15) is 16.6 Å². The minimum Gasteiger partial charge on any atom is -0.497 e. The first kappa shape index (κ1) is 25.0. The maximum atomic E-state index is 13.3. The molecule has 1 saturated carbocycles. The van der Waals surface area contributed by atoms with Gasteiger partial charge in [0.15, 0.2) is 0 Å². The Bertz CT molecular complexity index is 1240. The number of halogens is 1. The van der Waals surface area contributed by atoms with Crippen molar-refractivity contribution in [2.45, 2.75) is 32.6 Å². The van der Waals surface area contributed by atoms with Crippen LogP contribution >= 0.6 is 23.4 Å². The molecule has 6 nitrogen and oxygen atoms in total. The molecule has 35 heavy (non-hydrogen) atoms. The molecule has 2 aromatic carbocycles. The third-order valence-corrected chi connectivity index (χ3v) is 7.44. The summed E-state index contributed by atoms with van der Waals surface area (Å²) in [7, 11) is 1.59. The predicted octanol–water partition coefficient (Wildman–Crippen LogP) is 6.00. The van der Waals surface area contributed by atoms with E-state index in [-0.39, 0.29) is 22.9 Å². The number of carbonyl (C=O) groups is 2. The number of amides is 1. The van der Waals surface area contributed by atoms with Crippen molar-refractivity contribution in [1.29, 1.82) is 5.26 Å². The van der Waals surface area contributed by atoms with Crippen LogP contribution in [-0.2, 0) is 9.59 Å². The van der Waals surface area contributed by atoms with Gasteiger partial charge in [0.2, 0.25) is 5.91 Å². The Morgan fingerprint density at radius 3 is 2.49 bits per heavy atom. The molecule has 1 fully saturated rings. The lowest BCUT2D eigenvalue weighted by atomic mass is 9.64. The molecule has 0 bridgehead atoms. The highest BCUT2D eigenvalue weighted by molar-refractivity contribution is 8.03. The van der Waals surface area contributed by atoms with Crippen molar-refractivity contribution in [3.05, 3.63) is 69.7 Å². The molecule has 1 unspecified atom stereocenters. The third kappa shape index (κ3) is 5.61. The number of aliphatic imine (C=N–C) groups is 1. The van der Waals surface area contributed by atoms with Crippen LogP contribution in [0.5, 0.6) is 5.75 Å². The molecule has 8 heteroatoms. The molecule has 4 rings (SSSR count). The summed E-state index contributed by atoms with van der Waals surface area (Å²) in [6.45, 7) is 4.11. The average Bonchev–Trinajstić information content (AvgIpc) is 2.82. The van der Waals surface area contributed by atoms with E-state index in [0.717, 1.165) is 11.3 Å². The molecule has 1 aliphatic carbocycles. The molecule has 0 saturated heterocycles. The number of hydrogen-bond donors (Lipinski definition) is 1. The Kier molecular flexibility index (Phi) is 7.34. The van der Waals surface area contributed by atoms with E-state index in [1.807, 2.05) is 24.3 Å². The van der Waals surface area contributed by atoms with Gasteiger partial charge in [-0.2, -0.15) is 5.26 Å². The maximum absolute atomic E-state index is 13.3. The van der Waals surface area contributed by atoms with Crippen LogP contribution in [0.3, 0.4) is 0 Å². The van der Waals surface area contributed by atoms with Gasteiger partial charge in [0.05, 0.1) is 30.4 Å². The van der Waals surface area contributed by atoms with Crippen molar-refractivity contribution in [2.75, 3.05) is 18.2 Å². The van der Waals surface area contributed by atoms with Crippen molar-refractivity contribution < 1.29 is 14.3 Å². The Hall–Kier alpha value is -3.08. The number of fused-ring (bicyclic) bond motifs is 1. The van der Waals surface area contributed by atoms with Crippen molar-refractivity contribution in [3.63, 3.8) is 0 Å².